The van der Waals surface area contributed by atoms with Gasteiger partial charge in [-0.2, -0.15) is 0 Å². The fourth-order valence-electron chi connectivity index (χ4n) is 4.70. The summed E-state index contributed by atoms with van der Waals surface area (Å²) < 4.78 is 5.76. The highest BCUT2D eigenvalue weighted by atomic mass is 16.5. The van der Waals surface area contributed by atoms with Crippen LogP contribution in [-0.4, -0.2) is 64.7 Å². The lowest BCUT2D eigenvalue weighted by molar-refractivity contribution is -0.131. The Labute approximate surface area is 201 Å². The van der Waals surface area contributed by atoms with Gasteiger partial charge in [0.25, 0.3) is 5.91 Å². The van der Waals surface area contributed by atoms with Crippen LogP contribution in [0.5, 0.6) is 5.75 Å². The maximum Gasteiger partial charge on any atom is 0.254 e. The van der Waals surface area contributed by atoms with Crippen molar-refractivity contribution >= 4 is 17.7 Å². The molecule has 0 aromatic heterocycles. The first-order valence-electron chi connectivity index (χ1n) is 12.0. The summed E-state index contributed by atoms with van der Waals surface area (Å²) in [6.07, 6.45) is 1.57. The number of nitrogens with zero attached hydrogens (tertiary/aromatic N) is 3. The molecule has 2 aliphatic heterocycles. The number of carbonyl (C=O) groups is 3. The SMILES string of the molecule is CC(=O)N1CCN(C(=O)c2cccc(CN3CCCC3=O)c2)[C@@H](c2ccc(OC(C)C)cc2)C1. The van der Waals surface area contributed by atoms with E-state index in [9.17, 15) is 14.4 Å². The molecule has 0 radical (unpaired) electrons. The molecule has 0 bridgehead atoms. The summed E-state index contributed by atoms with van der Waals surface area (Å²) in [6, 6.07) is 15.1. The number of carbonyl (C=O) groups excluding carboxylic acids is 3. The summed E-state index contributed by atoms with van der Waals surface area (Å²) >= 11 is 0. The molecule has 0 N–H and O–H groups in total. The second-order valence-electron chi connectivity index (χ2n) is 9.33. The number of benzene rings is 2. The smallest absolute Gasteiger partial charge is 0.254 e. The Morgan fingerprint density at radius 2 is 1.82 bits per heavy atom. The molecule has 180 valence electrons. The molecule has 34 heavy (non-hydrogen) atoms. The number of rotatable bonds is 6. The van der Waals surface area contributed by atoms with Crippen LogP contribution in [0, 0.1) is 0 Å². The Hall–Kier alpha value is -3.35. The zero-order chi connectivity index (χ0) is 24.2. The van der Waals surface area contributed by atoms with Crippen molar-refractivity contribution < 1.29 is 19.1 Å². The predicted molar refractivity (Wildman–Crippen MR) is 129 cm³/mol. The average molecular weight is 464 g/mol. The van der Waals surface area contributed by atoms with E-state index in [-0.39, 0.29) is 29.9 Å². The van der Waals surface area contributed by atoms with E-state index in [0.29, 0.717) is 38.2 Å². The van der Waals surface area contributed by atoms with E-state index in [4.69, 9.17) is 4.74 Å². The molecule has 0 unspecified atom stereocenters. The van der Waals surface area contributed by atoms with Gasteiger partial charge in [0.15, 0.2) is 0 Å². The number of piperazine rings is 1. The van der Waals surface area contributed by atoms with E-state index in [2.05, 4.69) is 0 Å². The number of ether oxygens (including phenoxy) is 1. The van der Waals surface area contributed by atoms with Gasteiger partial charge in [0.1, 0.15) is 5.75 Å². The molecule has 2 aromatic rings. The molecule has 0 aliphatic carbocycles. The monoisotopic (exact) mass is 463 g/mol. The minimum Gasteiger partial charge on any atom is -0.491 e. The maximum absolute atomic E-state index is 13.6. The van der Waals surface area contributed by atoms with E-state index in [0.717, 1.165) is 29.8 Å². The van der Waals surface area contributed by atoms with Crippen LogP contribution in [0.2, 0.25) is 0 Å². The van der Waals surface area contributed by atoms with Crippen molar-refractivity contribution in [1.29, 1.82) is 0 Å². The summed E-state index contributed by atoms with van der Waals surface area (Å²) in [5.41, 5.74) is 2.52. The van der Waals surface area contributed by atoms with Crippen molar-refractivity contribution in [1.82, 2.24) is 14.7 Å². The lowest BCUT2D eigenvalue weighted by Crippen LogP contribution is -2.51. The van der Waals surface area contributed by atoms with Crippen LogP contribution >= 0.6 is 0 Å². The number of hydrogen-bond acceptors (Lipinski definition) is 4. The summed E-state index contributed by atoms with van der Waals surface area (Å²) in [6.45, 7) is 8.24. The third-order valence-electron chi connectivity index (χ3n) is 6.44. The van der Waals surface area contributed by atoms with Gasteiger partial charge in [-0.3, -0.25) is 14.4 Å². The number of amides is 3. The van der Waals surface area contributed by atoms with Gasteiger partial charge in [0, 0.05) is 51.6 Å². The van der Waals surface area contributed by atoms with Crippen LogP contribution in [0.3, 0.4) is 0 Å². The van der Waals surface area contributed by atoms with Crippen LogP contribution in [0.4, 0.5) is 0 Å². The van der Waals surface area contributed by atoms with Crippen LogP contribution in [0.1, 0.15) is 61.1 Å². The van der Waals surface area contributed by atoms with E-state index in [1.54, 1.807) is 11.8 Å². The molecular formula is C27H33N3O4. The van der Waals surface area contributed by atoms with Crippen molar-refractivity contribution in [3.63, 3.8) is 0 Å². The van der Waals surface area contributed by atoms with Gasteiger partial charge in [0.2, 0.25) is 11.8 Å². The van der Waals surface area contributed by atoms with E-state index >= 15 is 0 Å². The number of hydrogen-bond donors (Lipinski definition) is 0. The molecule has 2 aliphatic rings. The predicted octanol–water partition coefficient (Wildman–Crippen LogP) is 3.64. The molecule has 1 atom stereocenters. The normalized spacial score (nSPS) is 18.5. The topological polar surface area (TPSA) is 70.2 Å². The standard InChI is InChI=1S/C27H33N3O4/c1-19(2)34-24-11-9-22(10-12-24)25-18-28(20(3)31)14-15-30(25)27(33)23-7-4-6-21(16-23)17-29-13-5-8-26(29)32/h4,6-7,9-12,16,19,25H,5,8,13-15,17-18H2,1-3H3/t25-/m1/s1. The molecule has 3 amide bonds. The zero-order valence-corrected chi connectivity index (χ0v) is 20.2. The van der Waals surface area contributed by atoms with Gasteiger partial charge in [-0.05, 0) is 55.7 Å². The second kappa shape index (κ2) is 10.3. The van der Waals surface area contributed by atoms with Crippen LogP contribution in [0.15, 0.2) is 48.5 Å². The lowest BCUT2D eigenvalue weighted by Gasteiger charge is -2.41. The molecule has 0 saturated carbocycles. The third kappa shape index (κ3) is 5.41. The molecule has 0 spiro atoms. The van der Waals surface area contributed by atoms with Crippen molar-refractivity contribution in [3.05, 3.63) is 65.2 Å². The molecule has 2 saturated heterocycles. The Morgan fingerprint density at radius 3 is 2.47 bits per heavy atom. The molecule has 7 nitrogen and oxygen atoms in total. The Kier molecular flexibility index (Phi) is 7.20. The first-order valence-corrected chi connectivity index (χ1v) is 12.0. The van der Waals surface area contributed by atoms with Gasteiger partial charge in [0.05, 0.1) is 12.1 Å². The quantitative estimate of drug-likeness (QED) is 0.656. The van der Waals surface area contributed by atoms with E-state index in [1.807, 2.05) is 72.2 Å². The first kappa shape index (κ1) is 23.8. The van der Waals surface area contributed by atoms with Gasteiger partial charge in [-0.25, -0.2) is 0 Å². The Morgan fingerprint density at radius 1 is 1.06 bits per heavy atom. The molecule has 2 heterocycles. The molecule has 7 heteroatoms. The van der Waals surface area contributed by atoms with Crippen LogP contribution < -0.4 is 4.74 Å². The van der Waals surface area contributed by atoms with Gasteiger partial charge in [-0.15, -0.1) is 0 Å². The molecule has 2 fully saturated rings. The zero-order valence-electron chi connectivity index (χ0n) is 20.2. The van der Waals surface area contributed by atoms with Crippen molar-refractivity contribution in [2.45, 2.75) is 52.3 Å². The van der Waals surface area contributed by atoms with Crippen LogP contribution in [0.25, 0.3) is 0 Å². The highest BCUT2D eigenvalue weighted by molar-refractivity contribution is 5.95. The largest absolute Gasteiger partial charge is 0.491 e. The van der Waals surface area contributed by atoms with Crippen molar-refractivity contribution in [2.24, 2.45) is 0 Å². The highest BCUT2D eigenvalue weighted by Crippen LogP contribution is 2.29. The van der Waals surface area contributed by atoms with Crippen molar-refractivity contribution in [2.75, 3.05) is 26.2 Å². The lowest BCUT2D eigenvalue weighted by atomic mass is 10.00. The molecular weight excluding hydrogens is 430 g/mol. The summed E-state index contributed by atoms with van der Waals surface area (Å²) in [5.74, 6) is 0.890. The maximum atomic E-state index is 13.6. The Balaban J connectivity index is 1.56. The van der Waals surface area contributed by atoms with E-state index in [1.165, 1.54) is 0 Å². The fourth-order valence-corrected chi connectivity index (χ4v) is 4.70. The average Bonchev–Trinajstić information content (AvgIpc) is 3.22. The van der Waals surface area contributed by atoms with Gasteiger partial charge < -0.3 is 19.4 Å². The van der Waals surface area contributed by atoms with E-state index < -0.39 is 0 Å². The van der Waals surface area contributed by atoms with Crippen LogP contribution in [-0.2, 0) is 16.1 Å². The Bertz CT molecular complexity index is 1050. The minimum atomic E-state index is -0.248. The van der Waals surface area contributed by atoms with Gasteiger partial charge >= 0.3 is 0 Å². The highest BCUT2D eigenvalue weighted by Gasteiger charge is 2.33. The fraction of sp³-hybridized carbons (Fsp3) is 0.444. The minimum absolute atomic E-state index is 0.00846. The second-order valence-corrected chi connectivity index (χ2v) is 9.33. The van der Waals surface area contributed by atoms with Crippen molar-refractivity contribution in [3.8, 4) is 5.75 Å². The summed E-state index contributed by atoms with van der Waals surface area (Å²) in [5, 5.41) is 0. The summed E-state index contributed by atoms with van der Waals surface area (Å²) in [7, 11) is 0. The molecule has 4 rings (SSSR count). The summed E-state index contributed by atoms with van der Waals surface area (Å²) in [4.78, 5) is 43.3. The first-order chi connectivity index (χ1) is 16.3. The van der Waals surface area contributed by atoms with Gasteiger partial charge in [-0.1, -0.05) is 24.3 Å². The number of likely N-dealkylation sites (tertiary alicyclic amines) is 1. The third-order valence-corrected chi connectivity index (χ3v) is 6.44. The molecule has 2 aromatic carbocycles.